The zero-order valence-electron chi connectivity index (χ0n) is 6.16. The first kappa shape index (κ1) is 8.34. The number of carbonyl (C=O) groups excluding carboxylic acids is 1. The number of aryl methyl sites for hydroxylation is 1. The van der Waals surface area contributed by atoms with E-state index in [1.54, 1.807) is 0 Å². The zero-order chi connectivity index (χ0) is 8.10. The molecular formula is C9H10OS. The van der Waals surface area contributed by atoms with Gasteiger partial charge in [0.05, 0.1) is 0 Å². The minimum atomic E-state index is 0.730. The van der Waals surface area contributed by atoms with Crippen molar-refractivity contribution < 1.29 is 4.79 Å². The van der Waals surface area contributed by atoms with Crippen LogP contribution >= 0.6 is 12.6 Å². The third kappa shape index (κ3) is 2.39. The quantitative estimate of drug-likeness (QED) is 0.536. The van der Waals surface area contributed by atoms with Crippen LogP contribution < -0.4 is 0 Å². The summed E-state index contributed by atoms with van der Waals surface area (Å²) in [4.78, 5) is 10.3. The fourth-order valence-corrected chi connectivity index (χ4v) is 1.15. The second-order valence-electron chi connectivity index (χ2n) is 2.33. The summed E-state index contributed by atoms with van der Waals surface area (Å²) >= 11 is 4.11. The number of carbonyl (C=O) groups is 1. The SMILES string of the molecule is O=Cc1ccc(CCS)cc1. The van der Waals surface area contributed by atoms with Crippen molar-refractivity contribution in [3.8, 4) is 0 Å². The molecule has 0 spiro atoms. The van der Waals surface area contributed by atoms with E-state index in [0.29, 0.717) is 0 Å². The molecule has 0 N–H and O–H groups in total. The van der Waals surface area contributed by atoms with Crippen LogP contribution in [0.15, 0.2) is 24.3 Å². The van der Waals surface area contributed by atoms with Gasteiger partial charge >= 0.3 is 0 Å². The topological polar surface area (TPSA) is 17.1 Å². The van der Waals surface area contributed by atoms with E-state index in [1.165, 1.54) is 5.56 Å². The molecule has 0 saturated heterocycles. The number of rotatable bonds is 3. The van der Waals surface area contributed by atoms with E-state index >= 15 is 0 Å². The van der Waals surface area contributed by atoms with E-state index in [0.717, 1.165) is 24.0 Å². The maximum absolute atomic E-state index is 10.3. The molecule has 0 fully saturated rings. The Morgan fingerprint density at radius 3 is 2.36 bits per heavy atom. The fraction of sp³-hybridized carbons (Fsp3) is 0.222. The van der Waals surface area contributed by atoms with Gasteiger partial charge in [-0.1, -0.05) is 24.3 Å². The molecule has 0 radical (unpaired) electrons. The molecule has 0 bridgehead atoms. The Kier molecular flexibility index (Phi) is 3.17. The minimum absolute atomic E-state index is 0.730. The molecule has 0 atom stereocenters. The summed E-state index contributed by atoms with van der Waals surface area (Å²) in [7, 11) is 0. The standard InChI is InChI=1S/C9H10OS/c10-7-9-3-1-8(2-4-9)5-6-11/h1-4,7,11H,5-6H2. The van der Waals surface area contributed by atoms with Crippen molar-refractivity contribution in [2.45, 2.75) is 6.42 Å². The van der Waals surface area contributed by atoms with Crippen molar-refractivity contribution in [3.63, 3.8) is 0 Å². The lowest BCUT2D eigenvalue weighted by Gasteiger charge is -1.96. The Balaban J connectivity index is 2.74. The van der Waals surface area contributed by atoms with Gasteiger partial charge in [-0.2, -0.15) is 12.6 Å². The lowest BCUT2D eigenvalue weighted by molar-refractivity contribution is 0.112. The van der Waals surface area contributed by atoms with Crippen LogP contribution in [0.3, 0.4) is 0 Å². The molecular weight excluding hydrogens is 156 g/mol. The highest BCUT2D eigenvalue weighted by molar-refractivity contribution is 7.80. The van der Waals surface area contributed by atoms with Gasteiger partial charge in [-0.15, -0.1) is 0 Å². The Hall–Kier alpha value is -0.760. The zero-order valence-corrected chi connectivity index (χ0v) is 7.05. The highest BCUT2D eigenvalue weighted by atomic mass is 32.1. The van der Waals surface area contributed by atoms with Gasteiger partial charge in [0.1, 0.15) is 6.29 Å². The Labute approximate surface area is 71.8 Å². The number of hydrogen-bond acceptors (Lipinski definition) is 2. The average molecular weight is 166 g/mol. The first-order valence-electron chi connectivity index (χ1n) is 3.52. The Morgan fingerprint density at radius 2 is 1.91 bits per heavy atom. The summed E-state index contributed by atoms with van der Waals surface area (Å²) in [6.07, 6.45) is 1.81. The second kappa shape index (κ2) is 4.19. The molecule has 58 valence electrons. The molecule has 11 heavy (non-hydrogen) atoms. The molecule has 0 aliphatic rings. The van der Waals surface area contributed by atoms with Gasteiger partial charge < -0.3 is 0 Å². The molecule has 0 heterocycles. The third-order valence-corrected chi connectivity index (χ3v) is 1.74. The molecule has 1 nitrogen and oxygen atoms in total. The van der Waals surface area contributed by atoms with Crippen molar-refractivity contribution in [3.05, 3.63) is 35.4 Å². The van der Waals surface area contributed by atoms with E-state index in [9.17, 15) is 4.79 Å². The van der Waals surface area contributed by atoms with Crippen LogP contribution in [0.1, 0.15) is 15.9 Å². The number of benzene rings is 1. The van der Waals surface area contributed by atoms with E-state index in [2.05, 4.69) is 12.6 Å². The summed E-state index contributed by atoms with van der Waals surface area (Å²) < 4.78 is 0. The maximum Gasteiger partial charge on any atom is 0.150 e. The predicted molar refractivity (Wildman–Crippen MR) is 49.4 cm³/mol. The summed E-state index contributed by atoms with van der Waals surface area (Å²) in [6, 6.07) is 7.57. The number of thiol groups is 1. The van der Waals surface area contributed by atoms with Crippen LogP contribution in [0.25, 0.3) is 0 Å². The number of hydrogen-bond donors (Lipinski definition) is 1. The summed E-state index contributed by atoms with van der Waals surface area (Å²) in [5, 5.41) is 0. The molecule has 0 aliphatic carbocycles. The van der Waals surface area contributed by atoms with Gasteiger partial charge in [0, 0.05) is 5.56 Å². The molecule has 1 aromatic rings. The lowest BCUT2D eigenvalue weighted by atomic mass is 10.1. The Morgan fingerprint density at radius 1 is 1.27 bits per heavy atom. The highest BCUT2D eigenvalue weighted by Gasteiger charge is 1.91. The van der Waals surface area contributed by atoms with E-state index in [-0.39, 0.29) is 0 Å². The monoisotopic (exact) mass is 166 g/mol. The van der Waals surface area contributed by atoms with Gasteiger partial charge in [0.25, 0.3) is 0 Å². The molecule has 1 aromatic carbocycles. The predicted octanol–water partition coefficient (Wildman–Crippen LogP) is 1.97. The normalized spacial score (nSPS) is 9.55. The largest absolute Gasteiger partial charge is 0.298 e. The van der Waals surface area contributed by atoms with Crippen LogP contribution in [0.2, 0.25) is 0 Å². The van der Waals surface area contributed by atoms with Gasteiger partial charge in [-0.25, -0.2) is 0 Å². The van der Waals surface area contributed by atoms with Crippen LogP contribution in [0.5, 0.6) is 0 Å². The van der Waals surface area contributed by atoms with Gasteiger partial charge in [0.15, 0.2) is 0 Å². The van der Waals surface area contributed by atoms with Gasteiger partial charge in [-0.3, -0.25) is 4.79 Å². The molecule has 0 saturated carbocycles. The molecule has 2 heteroatoms. The van der Waals surface area contributed by atoms with Gasteiger partial charge in [-0.05, 0) is 17.7 Å². The number of aldehydes is 1. The molecule has 0 unspecified atom stereocenters. The summed E-state index contributed by atoms with van der Waals surface area (Å²) in [5.41, 5.74) is 1.96. The Bertz CT molecular complexity index is 228. The first-order valence-corrected chi connectivity index (χ1v) is 4.15. The van der Waals surface area contributed by atoms with Gasteiger partial charge in [0.2, 0.25) is 0 Å². The average Bonchev–Trinajstić information content (AvgIpc) is 2.07. The van der Waals surface area contributed by atoms with E-state index in [4.69, 9.17) is 0 Å². The first-order chi connectivity index (χ1) is 5.36. The second-order valence-corrected chi connectivity index (χ2v) is 2.78. The van der Waals surface area contributed by atoms with E-state index in [1.807, 2.05) is 24.3 Å². The third-order valence-electron chi connectivity index (χ3n) is 1.52. The van der Waals surface area contributed by atoms with Crippen LogP contribution in [0, 0.1) is 0 Å². The van der Waals surface area contributed by atoms with Crippen molar-refractivity contribution in [1.82, 2.24) is 0 Å². The molecule has 0 aliphatic heterocycles. The van der Waals surface area contributed by atoms with E-state index < -0.39 is 0 Å². The fourth-order valence-electron chi connectivity index (χ4n) is 0.892. The smallest absolute Gasteiger partial charge is 0.150 e. The maximum atomic E-state index is 10.3. The van der Waals surface area contributed by atoms with Crippen molar-refractivity contribution >= 4 is 18.9 Å². The summed E-state index contributed by atoms with van der Waals surface area (Å²) in [5.74, 6) is 0.848. The van der Waals surface area contributed by atoms with Crippen LogP contribution in [-0.4, -0.2) is 12.0 Å². The molecule has 0 aromatic heterocycles. The lowest BCUT2D eigenvalue weighted by Crippen LogP contribution is -1.86. The highest BCUT2D eigenvalue weighted by Crippen LogP contribution is 2.03. The minimum Gasteiger partial charge on any atom is -0.298 e. The molecule has 1 rings (SSSR count). The van der Waals surface area contributed by atoms with Crippen molar-refractivity contribution in [1.29, 1.82) is 0 Å². The van der Waals surface area contributed by atoms with Crippen LogP contribution in [0.4, 0.5) is 0 Å². The molecule has 0 amide bonds. The van der Waals surface area contributed by atoms with Crippen molar-refractivity contribution in [2.75, 3.05) is 5.75 Å². The van der Waals surface area contributed by atoms with Crippen molar-refractivity contribution in [2.24, 2.45) is 0 Å². The summed E-state index contributed by atoms with van der Waals surface area (Å²) in [6.45, 7) is 0. The van der Waals surface area contributed by atoms with Crippen LogP contribution in [-0.2, 0) is 6.42 Å².